The second kappa shape index (κ2) is 7.30. The van der Waals surface area contributed by atoms with Gasteiger partial charge in [-0.15, -0.1) is 0 Å². The lowest BCUT2D eigenvalue weighted by Gasteiger charge is -2.45. The van der Waals surface area contributed by atoms with E-state index in [1.165, 1.54) is 0 Å². The first-order valence-corrected chi connectivity index (χ1v) is 12.1. The number of rotatable bonds is 4. The second-order valence-electron chi connectivity index (χ2n) is 7.86. The van der Waals surface area contributed by atoms with Crippen LogP contribution in [0.2, 0.25) is 0 Å². The third kappa shape index (κ3) is 3.22. The van der Waals surface area contributed by atoms with Gasteiger partial charge in [-0.2, -0.15) is 0 Å². The number of carbonyl (C=O) groups is 1. The second-order valence-corrected chi connectivity index (χ2v) is 10.6. The van der Waals surface area contributed by atoms with Gasteiger partial charge < -0.3 is 9.47 Å². The van der Waals surface area contributed by atoms with Crippen molar-refractivity contribution in [3.63, 3.8) is 0 Å². The molecule has 2 fully saturated rings. The first kappa shape index (κ1) is 19.9. The summed E-state index contributed by atoms with van der Waals surface area (Å²) in [5, 5.41) is -0.788. The maximum atomic E-state index is 13.0. The Labute approximate surface area is 183 Å². The van der Waals surface area contributed by atoms with Gasteiger partial charge in [0.25, 0.3) is 0 Å². The smallest absolute Gasteiger partial charge is 0.339 e. The van der Waals surface area contributed by atoms with Crippen LogP contribution in [0.25, 0.3) is 0 Å². The Morgan fingerprint density at radius 3 is 2.63 bits per heavy atom. The van der Waals surface area contributed by atoms with Gasteiger partial charge >= 0.3 is 5.97 Å². The third-order valence-corrected chi connectivity index (χ3v) is 8.64. The molecule has 156 valence electrons. The van der Waals surface area contributed by atoms with E-state index in [1.54, 1.807) is 24.3 Å². The molecule has 0 unspecified atom stereocenters. The minimum Gasteiger partial charge on any atom is -0.454 e. The van der Waals surface area contributed by atoms with Crippen molar-refractivity contribution < 1.29 is 22.7 Å². The number of sulfonamides is 1. The number of nitrogens with one attached hydrogen (secondary N) is 1. The van der Waals surface area contributed by atoms with Gasteiger partial charge in [0.05, 0.1) is 17.7 Å². The Balaban J connectivity index is 1.54. The van der Waals surface area contributed by atoms with Gasteiger partial charge in [-0.25, -0.2) is 17.9 Å². The lowest BCUT2D eigenvalue weighted by Crippen LogP contribution is -2.68. The molecule has 0 radical (unpaired) electrons. The Kier molecular flexibility index (Phi) is 4.85. The minimum atomic E-state index is -3.64. The quantitative estimate of drug-likeness (QED) is 0.527. The highest BCUT2D eigenvalue weighted by atomic mass is 79.9. The molecule has 0 aromatic heterocycles. The van der Waals surface area contributed by atoms with E-state index in [1.807, 2.05) is 42.5 Å². The predicted molar refractivity (Wildman–Crippen MR) is 114 cm³/mol. The van der Waals surface area contributed by atoms with Crippen LogP contribution in [0.5, 0.6) is 0 Å². The summed E-state index contributed by atoms with van der Waals surface area (Å²) in [5.74, 6) is -0.521. The third-order valence-electron chi connectivity index (χ3n) is 6.00. The van der Waals surface area contributed by atoms with E-state index in [0.29, 0.717) is 22.9 Å². The van der Waals surface area contributed by atoms with E-state index in [4.69, 9.17) is 9.47 Å². The van der Waals surface area contributed by atoms with E-state index in [0.717, 1.165) is 5.56 Å². The average molecular weight is 490 g/mol. The zero-order valence-corrected chi connectivity index (χ0v) is 18.3. The molecule has 5 atom stereocenters. The van der Waals surface area contributed by atoms with Crippen LogP contribution in [0, 0.1) is 0 Å². The van der Waals surface area contributed by atoms with Crippen LogP contribution in [0.1, 0.15) is 22.3 Å². The van der Waals surface area contributed by atoms with Crippen molar-refractivity contribution in [2.24, 2.45) is 0 Å². The maximum absolute atomic E-state index is 13.0. The van der Waals surface area contributed by atoms with Crippen molar-refractivity contribution in [1.82, 2.24) is 4.72 Å². The van der Waals surface area contributed by atoms with Crippen LogP contribution >= 0.6 is 15.9 Å². The zero-order valence-electron chi connectivity index (χ0n) is 15.9. The standard InChI is InChI=1S/C22H20BrNO5S/c23-17-9-5-4-8-16(17)21(25)28-20-18(12-14-6-2-1-3-7-14)24-30(26,27)19-13-15-10-11-22(19,20)29-15/h1-11,15,18-20,24H,12-13H2/t15-,18-,19-,20+,22+/m0/s1. The van der Waals surface area contributed by atoms with Crippen LogP contribution < -0.4 is 4.72 Å². The average Bonchev–Trinajstić information content (AvgIpc) is 3.32. The molecule has 30 heavy (non-hydrogen) atoms. The molecule has 3 heterocycles. The van der Waals surface area contributed by atoms with Crippen molar-refractivity contribution in [3.05, 3.63) is 82.3 Å². The largest absolute Gasteiger partial charge is 0.454 e. The number of ether oxygens (including phenoxy) is 2. The van der Waals surface area contributed by atoms with E-state index < -0.39 is 39.0 Å². The molecule has 0 amide bonds. The first-order valence-electron chi connectivity index (χ1n) is 9.77. The fourth-order valence-electron chi connectivity index (χ4n) is 4.68. The van der Waals surface area contributed by atoms with Crippen LogP contribution in [0.3, 0.4) is 0 Å². The van der Waals surface area contributed by atoms with Crippen LogP contribution in [0.15, 0.2) is 71.2 Å². The summed E-state index contributed by atoms with van der Waals surface area (Å²) in [7, 11) is -3.64. The highest BCUT2D eigenvalue weighted by molar-refractivity contribution is 9.10. The molecular weight excluding hydrogens is 470 g/mol. The SMILES string of the molecule is O=C(O[C@@H]1[C@H](Cc2ccccc2)NS(=O)(=O)[C@H]2C[C@@H]3C=C[C@]12O3)c1ccccc1Br. The van der Waals surface area contributed by atoms with Gasteiger partial charge in [0.1, 0.15) is 10.9 Å². The number of halogens is 1. The van der Waals surface area contributed by atoms with Gasteiger partial charge in [0.2, 0.25) is 10.0 Å². The topological polar surface area (TPSA) is 81.7 Å². The monoisotopic (exact) mass is 489 g/mol. The van der Waals surface area contributed by atoms with E-state index in [-0.39, 0.29) is 6.10 Å². The summed E-state index contributed by atoms with van der Waals surface area (Å²) in [4.78, 5) is 13.0. The molecule has 1 spiro atoms. The molecule has 6 nitrogen and oxygen atoms in total. The summed E-state index contributed by atoms with van der Waals surface area (Å²) in [5.41, 5.74) is 0.151. The van der Waals surface area contributed by atoms with Crippen LogP contribution in [-0.4, -0.2) is 43.5 Å². The van der Waals surface area contributed by atoms with Crippen LogP contribution in [-0.2, 0) is 25.9 Å². The number of hydrogen-bond acceptors (Lipinski definition) is 5. The van der Waals surface area contributed by atoms with Crippen molar-refractivity contribution in [1.29, 1.82) is 0 Å². The fraction of sp³-hybridized carbons (Fsp3) is 0.318. The molecule has 1 N–H and O–H groups in total. The Hall–Kier alpha value is -2.00. The van der Waals surface area contributed by atoms with Gasteiger partial charge in [0, 0.05) is 4.47 Å². The molecule has 5 rings (SSSR count). The first-order chi connectivity index (χ1) is 14.4. The molecule has 0 saturated carbocycles. The number of esters is 1. The van der Waals surface area contributed by atoms with Gasteiger partial charge in [-0.1, -0.05) is 48.5 Å². The predicted octanol–water partition coefficient (Wildman–Crippen LogP) is 2.98. The molecule has 2 aromatic rings. The van der Waals surface area contributed by atoms with Crippen LogP contribution in [0.4, 0.5) is 0 Å². The molecule has 3 aliphatic heterocycles. The molecule has 3 aliphatic rings. The van der Waals surface area contributed by atoms with E-state index >= 15 is 0 Å². The minimum absolute atomic E-state index is 0.285. The Morgan fingerprint density at radius 1 is 1.17 bits per heavy atom. The van der Waals surface area contributed by atoms with E-state index in [2.05, 4.69) is 20.7 Å². The summed E-state index contributed by atoms with van der Waals surface area (Å²) in [6.07, 6.45) is 3.30. The molecule has 2 saturated heterocycles. The van der Waals surface area contributed by atoms with Crippen molar-refractivity contribution in [3.8, 4) is 0 Å². The number of benzene rings is 2. The molecular formula is C22H20BrNO5S. The normalized spacial score (nSPS) is 33.2. The zero-order chi connectivity index (χ0) is 20.9. The highest BCUT2D eigenvalue weighted by Gasteiger charge is 2.66. The van der Waals surface area contributed by atoms with E-state index in [9.17, 15) is 13.2 Å². The van der Waals surface area contributed by atoms with Gasteiger partial charge in [-0.3, -0.25) is 0 Å². The fourth-order valence-corrected chi connectivity index (χ4v) is 7.12. The molecule has 8 heteroatoms. The van der Waals surface area contributed by atoms with Crippen molar-refractivity contribution in [2.75, 3.05) is 0 Å². The summed E-state index contributed by atoms with van der Waals surface area (Å²) < 4.78 is 41.6. The number of carbonyl (C=O) groups excluding carboxylic acids is 1. The highest BCUT2D eigenvalue weighted by Crippen LogP contribution is 2.48. The Bertz CT molecular complexity index is 1120. The van der Waals surface area contributed by atoms with Gasteiger partial charge in [0.15, 0.2) is 6.10 Å². The number of hydrogen-bond donors (Lipinski definition) is 1. The lowest BCUT2D eigenvalue weighted by molar-refractivity contribution is -0.0867. The number of fused-ring (bicyclic) bond motifs is 1. The molecule has 0 aliphatic carbocycles. The van der Waals surface area contributed by atoms with Crippen molar-refractivity contribution in [2.45, 2.75) is 41.9 Å². The van der Waals surface area contributed by atoms with Gasteiger partial charge in [-0.05, 0) is 52.5 Å². The lowest BCUT2D eigenvalue weighted by atomic mass is 9.83. The van der Waals surface area contributed by atoms with Crippen molar-refractivity contribution >= 4 is 31.9 Å². The maximum Gasteiger partial charge on any atom is 0.339 e. The summed E-state index contributed by atoms with van der Waals surface area (Å²) in [6.45, 7) is 0. The Morgan fingerprint density at radius 2 is 1.90 bits per heavy atom. The summed E-state index contributed by atoms with van der Waals surface area (Å²) in [6, 6.07) is 15.9. The molecule has 2 aromatic carbocycles. The molecule has 2 bridgehead atoms. The summed E-state index contributed by atoms with van der Waals surface area (Å²) >= 11 is 3.39.